The first-order valence-electron chi connectivity index (χ1n) is 14.2. The Bertz CT molecular complexity index is 1670. The normalized spacial score (nSPS) is 16.8. The summed E-state index contributed by atoms with van der Waals surface area (Å²) in [5.74, 6) is 1.49. The highest BCUT2D eigenvalue weighted by Gasteiger charge is 2.33. The molecule has 1 aliphatic heterocycles. The van der Waals surface area contributed by atoms with Crippen LogP contribution in [0.3, 0.4) is 0 Å². The summed E-state index contributed by atoms with van der Waals surface area (Å²) < 4.78 is 6.22. The van der Waals surface area contributed by atoms with Gasteiger partial charge in [-0.3, -0.25) is 4.79 Å². The van der Waals surface area contributed by atoms with Gasteiger partial charge in [0, 0.05) is 27.8 Å². The maximum absolute atomic E-state index is 10.6. The van der Waals surface area contributed by atoms with Crippen molar-refractivity contribution in [1.82, 2.24) is 9.97 Å². The van der Waals surface area contributed by atoms with E-state index in [2.05, 4.69) is 45.0 Å². The highest BCUT2D eigenvalue weighted by Crippen LogP contribution is 2.49. The number of hydrogen-bond acceptors (Lipinski definition) is 4. The molecule has 0 bridgehead atoms. The van der Waals surface area contributed by atoms with E-state index in [4.69, 9.17) is 14.7 Å². The Morgan fingerprint density at radius 3 is 2.18 bits per heavy atom. The van der Waals surface area contributed by atoms with E-state index in [0.717, 1.165) is 46.4 Å². The number of Topliss-reactive ketones (excluding diaryl/α,β-unsaturated/α-hetero) is 1. The van der Waals surface area contributed by atoms with Crippen LogP contribution in [0.2, 0.25) is 0 Å². The van der Waals surface area contributed by atoms with Crippen LogP contribution in [0.15, 0.2) is 66.7 Å². The van der Waals surface area contributed by atoms with Crippen molar-refractivity contribution in [3.05, 3.63) is 89.0 Å². The smallest absolute Gasteiger partial charge is 0.159 e. The molecule has 2 aliphatic rings. The standard InChI is InChI=1S/C25H24N2O.C8H8O.C2H6/c1-14-13-28-24-16-10-11-17-15(7-6-12-25(17,2)3)21(16)23-22(20(14)24)26-18-8-4-5-9-19(18)27-23;1-7(9)8-5-3-2-4-6-8;1-2/h4-5,8-11,14H,6-7,12-13H2,1-3H3;2-6H,1H3;1-2H3. The predicted octanol–water partition coefficient (Wildman–Crippen LogP) is 8.96. The van der Waals surface area contributed by atoms with Crippen LogP contribution in [0.4, 0.5) is 0 Å². The maximum atomic E-state index is 10.6. The molecular weight excluding hydrogens is 480 g/mol. The Hall–Kier alpha value is -3.79. The van der Waals surface area contributed by atoms with Crippen LogP contribution in [0.25, 0.3) is 32.8 Å². The molecule has 0 saturated carbocycles. The van der Waals surface area contributed by atoms with E-state index in [1.807, 2.05) is 56.3 Å². The lowest BCUT2D eigenvalue weighted by Gasteiger charge is -2.33. The highest BCUT2D eigenvalue weighted by atomic mass is 16.5. The van der Waals surface area contributed by atoms with Gasteiger partial charge in [0.1, 0.15) is 5.75 Å². The van der Waals surface area contributed by atoms with E-state index in [1.165, 1.54) is 40.3 Å². The lowest BCUT2D eigenvalue weighted by Crippen LogP contribution is -2.24. The Labute approximate surface area is 231 Å². The molecule has 0 spiro atoms. The fourth-order valence-corrected chi connectivity index (χ4v) is 6.04. The first-order valence-corrected chi connectivity index (χ1v) is 14.2. The molecule has 1 unspecified atom stereocenters. The zero-order valence-corrected chi connectivity index (χ0v) is 24.0. The molecular formula is C35H38N2O2. The summed E-state index contributed by atoms with van der Waals surface area (Å²) in [6.07, 6.45) is 3.56. The van der Waals surface area contributed by atoms with E-state index in [0.29, 0.717) is 5.92 Å². The lowest BCUT2D eigenvalue weighted by molar-refractivity contribution is 0.101. The molecule has 1 aliphatic carbocycles. The molecule has 2 heterocycles. The molecule has 7 rings (SSSR count). The first-order chi connectivity index (χ1) is 18.8. The average molecular weight is 519 g/mol. The quantitative estimate of drug-likeness (QED) is 0.126. The zero-order valence-electron chi connectivity index (χ0n) is 24.0. The minimum atomic E-state index is 0.121. The van der Waals surface area contributed by atoms with Crippen LogP contribution in [0.5, 0.6) is 5.75 Å². The fourth-order valence-electron chi connectivity index (χ4n) is 6.04. The number of rotatable bonds is 1. The van der Waals surface area contributed by atoms with Crippen molar-refractivity contribution < 1.29 is 9.53 Å². The maximum Gasteiger partial charge on any atom is 0.159 e. The number of fused-ring (bicyclic) bond motifs is 9. The third-order valence-corrected chi connectivity index (χ3v) is 7.97. The Morgan fingerprint density at radius 2 is 1.54 bits per heavy atom. The summed E-state index contributed by atoms with van der Waals surface area (Å²) in [5.41, 5.74) is 9.14. The van der Waals surface area contributed by atoms with Crippen LogP contribution >= 0.6 is 0 Å². The Morgan fingerprint density at radius 1 is 0.897 bits per heavy atom. The molecule has 4 heteroatoms. The summed E-state index contributed by atoms with van der Waals surface area (Å²) >= 11 is 0. The van der Waals surface area contributed by atoms with Crippen molar-refractivity contribution in [3.8, 4) is 5.75 Å². The van der Waals surface area contributed by atoms with Crippen molar-refractivity contribution in [2.75, 3.05) is 6.61 Å². The molecule has 5 aromatic rings. The van der Waals surface area contributed by atoms with Crippen molar-refractivity contribution >= 4 is 38.6 Å². The largest absolute Gasteiger partial charge is 0.492 e. The summed E-state index contributed by atoms with van der Waals surface area (Å²) in [5, 5.41) is 2.49. The van der Waals surface area contributed by atoms with Crippen molar-refractivity contribution in [3.63, 3.8) is 0 Å². The number of nitrogens with zero attached hydrogens (tertiary/aromatic N) is 2. The van der Waals surface area contributed by atoms with Gasteiger partial charge in [-0.15, -0.1) is 0 Å². The van der Waals surface area contributed by atoms with Gasteiger partial charge in [-0.25, -0.2) is 9.97 Å². The van der Waals surface area contributed by atoms with Gasteiger partial charge in [0.25, 0.3) is 0 Å². The monoisotopic (exact) mass is 518 g/mol. The van der Waals surface area contributed by atoms with E-state index in [-0.39, 0.29) is 11.2 Å². The highest BCUT2D eigenvalue weighted by molar-refractivity contribution is 6.13. The van der Waals surface area contributed by atoms with Gasteiger partial charge in [0.2, 0.25) is 0 Å². The Balaban J connectivity index is 0.000000238. The number of carbonyl (C=O) groups is 1. The van der Waals surface area contributed by atoms with Crippen molar-refractivity contribution in [2.24, 2.45) is 0 Å². The third kappa shape index (κ3) is 4.78. The number of ketones is 1. The summed E-state index contributed by atoms with van der Waals surface area (Å²) in [4.78, 5) is 20.9. The topological polar surface area (TPSA) is 52.1 Å². The number of para-hydroxylation sites is 2. The molecule has 0 amide bonds. The summed E-state index contributed by atoms with van der Waals surface area (Å²) in [6.45, 7) is 13.3. The minimum absolute atomic E-state index is 0.121. The molecule has 0 saturated heterocycles. The van der Waals surface area contributed by atoms with Crippen LogP contribution in [0.1, 0.15) is 87.4 Å². The number of carbonyl (C=O) groups excluding carboxylic acids is 1. The fraction of sp³-hybridized carbons (Fsp3) is 0.343. The molecule has 200 valence electrons. The van der Waals surface area contributed by atoms with Gasteiger partial charge in [0.05, 0.1) is 28.7 Å². The zero-order chi connectivity index (χ0) is 27.7. The van der Waals surface area contributed by atoms with Crippen LogP contribution < -0.4 is 4.74 Å². The molecule has 0 radical (unpaired) electrons. The number of aryl methyl sites for hydroxylation is 1. The van der Waals surface area contributed by atoms with Crippen molar-refractivity contribution in [1.29, 1.82) is 0 Å². The number of hydrogen-bond donors (Lipinski definition) is 0. The van der Waals surface area contributed by atoms with Crippen molar-refractivity contribution in [2.45, 2.75) is 72.1 Å². The van der Waals surface area contributed by atoms with E-state index in [9.17, 15) is 4.79 Å². The van der Waals surface area contributed by atoms with E-state index >= 15 is 0 Å². The predicted molar refractivity (Wildman–Crippen MR) is 162 cm³/mol. The van der Waals surface area contributed by atoms with E-state index in [1.54, 1.807) is 6.92 Å². The summed E-state index contributed by atoms with van der Waals surface area (Å²) in [7, 11) is 0. The molecule has 4 aromatic carbocycles. The summed E-state index contributed by atoms with van der Waals surface area (Å²) in [6, 6.07) is 22.0. The molecule has 1 atom stereocenters. The minimum Gasteiger partial charge on any atom is -0.492 e. The third-order valence-electron chi connectivity index (χ3n) is 7.97. The van der Waals surface area contributed by atoms with Gasteiger partial charge in [-0.2, -0.15) is 0 Å². The number of ether oxygens (including phenoxy) is 1. The van der Waals surface area contributed by atoms with Crippen LogP contribution in [-0.2, 0) is 11.8 Å². The van der Waals surface area contributed by atoms with E-state index < -0.39 is 0 Å². The Kier molecular flexibility index (Phi) is 7.40. The van der Waals surface area contributed by atoms with Crippen LogP contribution in [0, 0.1) is 0 Å². The molecule has 1 aromatic heterocycles. The number of aromatic nitrogens is 2. The first kappa shape index (κ1) is 26.8. The second-order valence-electron chi connectivity index (χ2n) is 11.0. The lowest BCUT2D eigenvalue weighted by atomic mass is 9.71. The van der Waals surface area contributed by atoms with Gasteiger partial charge >= 0.3 is 0 Å². The molecule has 39 heavy (non-hydrogen) atoms. The number of benzene rings is 4. The van der Waals surface area contributed by atoms with Gasteiger partial charge in [-0.1, -0.05) is 89.2 Å². The SMILES string of the molecule is CC.CC(=O)c1ccccc1.CC1COc2c1c1nc3ccccc3nc1c1c3c(ccc21)C(C)(C)CCC3. The van der Waals surface area contributed by atoms with Gasteiger partial charge in [-0.05, 0) is 54.9 Å². The molecule has 4 nitrogen and oxygen atoms in total. The second-order valence-corrected chi connectivity index (χ2v) is 11.0. The van der Waals surface area contributed by atoms with Crippen LogP contribution in [-0.4, -0.2) is 22.4 Å². The molecule has 0 fully saturated rings. The molecule has 0 N–H and O–H groups in total. The van der Waals surface area contributed by atoms with Gasteiger partial charge in [0.15, 0.2) is 5.78 Å². The van der Waals surface area contributed by atoms with Gasteiger partial charge < -0.3 is 4.74 Å². The second kappa shape index (κ2) is 10.8. The average Bonchev–Trinajstić information content (AvgIpc) is 3.35.